The molecule has 0 N–H and O–H groups in total. The Bertz CT molecular complexity index is 564. The number of ether oxygens (including phenoxy) is 1. The number of aldehydes is 1. The van der Waals surface area contributed by atoms with E-state index in [1.807, 2.05) is 37.3 Å². The second-order valence-electron chi connectivity index (χ2n) is 3.81. The van der Waals surface area contributed by atoms with Gasteiger partial charge in [-0.15, -0.1) is 0 Å². The zero-order chi connectivity index (χ0) is 13.0. The summed E-state index contributed by atoms with van der Waals surface area (Å²) in [6.45, 7) is 2.55. The third kappa shape index (κ3) is 2.71. The molecular weight excluding hydrogens is 248 g/mol. The number of benzene rings is 2. The molecule has 0 unspecified atom stereocenters. The number of hydrogen-bond acceptors (Lipinski definition) is 2. The number of carbonyl (C=O) groups is 1. The Balaban J connectivity index is 2.47. The van der Waals surface area contributed by atoms with E-state index < -0.39 is 0 Å². The van der Waals surface area contributed by atoms with Gasteiger partial charge in [0.2, 0.25) is 0 Å². The molecule has 0 spiro atoms. The molecule has 3 heteroatoms. The van der Waals surface area contributed by atoms with E-state index in [4.69, 9.17) is 16.3 Å². The summed E-state index contributed by atoms with van der Waals surface area (Å²) >= 11 is 5.88. The van der Waals surface area contributed by atoms with E-state index in [9.17, 15) is 4.79 Å². The van der Waals surface area contributed by atoms with Gasteiger partial charge in [0.1, 0.15) is 5.75 Å². The summed E-state index contributed by atoms with van der Waals surface area (Å²) in [5, 5.41) is 0.557. The van der Waals surface area contributed by atoms with E-state index in [1.165, 1.54) is 0 Å². The molecule has 0 bridgehead atoms. The van der Waals surface area contributed by atoms with Crippen molar-refractivity contribution in [3.63, 3.8) is 0 Å². The van der Waals surface area contributed by atoms with Crippen LogP contribution in [0.15, 0.2) is 42.5 Å². The van der Waals surface area contributed by atoms with Gasteiger partial charge in [-0.3, -0.25) is 4.79 Å². The highest BCUT2D eigenvalue weighted by Crippen LogP contribution is 2.28. The number of rotatable bonds is 4. The van der Waals surface area contributed by atoms with Crippen molar-refractivity contribution in [2.24, 2.45) is 0 Å². The highest BCUT2D eigenvalue weighted by atomic mass is 35.5. The zero-order valence-electron chi connectivity index (χ0n) is 10.0. The fourth-order valence-corrected chi connectivity index (χ4v) is 1.99. The molecule has 0 aliphatic carbocycles. The summed E-state index contributed by atoms with van der Waals surface area (Å²) in [6, 6.07) is 12.9. The summed E-state index contributed by atoms with van der Waals surface area (Å²) in [7, 11) is 0. The highest BCUT2D eigenvalue weighted by molar-refractivity contribution is 6.31. The third-order valence-corrected chi connectivity index (χ3v) is 2.83. The second-order valence-corrected chi connectivity index (χ2v) is 4.25. The third-order valence-electron chi connectivity index (χ3n) is 2.60. The second kappa shape index (κ2) is 5.69. The van der Waals surface area contributed by atoms with Crippen LogP contribution in [0, 0.1) is 0 Å². The molecule has 0 aliphatic rings. The molecular formula is C15H13ClO2. The maximum absolute atomic E-state index is 11.1. The van der Waals surface area contributed by atoms with Crippen LogP contribution in [0.3, 0.4) is 0 Å². The molecule has 0 radical (unpaired) electrons. The molecule has 0 aliphatic heterocycles. The molecule has 0 aromatic heterocycles. The van der Waals surface area contributed by atoms with E-state index in [0.29, 0.717) is 17.2 Å². The summed E-state index contributed by atoms with van der Waals surface area (Å²) in [5.74, 6) is 0.793. The lowest BCUT2D eigenvalue weighted by Crippen LogP contribution is -1.92. The lowest BCUT2D eigenvalue weighted by molar-refractivity contribution is 0.112. The first-order valence-electron chi connectivity index (χ1n) is 5.72. The van der Waals surface area contributed by atoms with Crippen molar-refractivity contribution in [1.82, 2.24) is 0 Å². The Kier molecular flexibility index (Phi) is 4.00. The van der Waals surface area contributed by atoms with Crippen LogP contribution in [0.25, 0.3) is 11.1 Å². The zero-order valence-corrected chi connectivity index (χ0v) is 10.8. The smallest absolute Gasteiger partial charge is 0.150 e. The predicted molar refractivity (Wildman–Crippen MR) is 73.4 cm³/mol. The van der Waals surface area contributed by atoms with Gasteiger partial charge in [0, 0.05) is 10.6 Å². The van der Waals surface area contributed by atoms with Crippen LogP contribution in [0.2, 0.25) is 5.02 Å². The molecule has 2 rings (SSSR count). The monoisotopic (exact) mass is 260 g/mol. The minimum absolute atomic E-state index is 0.557. The van der Waals surface area contributed by atoms with Crippen molar-refractivity contribution in [3.8, 4) is 16.9 Å². The Hall–Kier alpha value is -1.80. The van der Waals surface area contributed by atoms with Gasteiger partial charge in [0.15, 0.2) is 6.29 Å². The van der Waals surface area contributed by atoms with E-state index >= 15 is 0 Å². The average molecular weight is 261 g/mol. The first-order valence-corrected chi connectivity index (χ1v) is 6.10. The summed E-state index contributed by atoms with van der Waals surface area (Å²) < 4.78 is 5.45. The fourth-order valence-electron chi connectivity index (χ4n) is 1.81. The quantitative estimate of drug-likeness (QED) is 0.770. The average Bonchev–Trinajstić information content (AvgIpc) is 2.39. The molecule has 0 heterocycles. The van der Waals surface area contributed by atoms with E-state index in [0.717, 1.165) is 23.2 Å². The van der Waals surface area contributed by atoms with Crippen LogP contribution in [0.5, 0.6) is 5.75 Å². The largest absolute Gasteiger partial charge is 0.494 e. The Morgan fingerprint density at radius 2 is 2.06 bits per heavy atom. The van der Waals surface area contributed by atoms with Crippen LogP contribution in [0.1, 0.15) is 17.3 Å². The van der Waals surface area contributed by atoms with E-state index in [1.54, 1.807) is 12.1 Å². The molecule has 0 fully saturated rings. The first-order chi connectivity index (χ1) is 8.74. The summed E-state index contributed by atoms with van der Waals surface area (Å²) in [4.78, 5) is 11.1. The SMILES string of the molecule is CCOc1cccc(-c2ccc(Cl)cc2C=O)c1. The number of hydrogen-bond donors (Lipinski definition) is 0. The number of halogens is 1. The van der Waals surface area contributed by atoms with Crippen molar-refractivity contribution in [2.45, 2.75) is 6.92 Å². The minimum Gasteiger partial charge on any atom is -0.494 e. The van der Waals surface area contributed by atoms with Crippen LogP contribution < -0.4 is 4.74 Å². The van der Waals surface area contributed by atoms with Crippen LogP contribution >= 0.6 is 11.6 Å². The Morgan fingerprint density at radius 1 is 1.22 bits per heavy atom. The maximum Gasteiger partial charge on any atom is 0.150 e. The van der Waals surface area contributed by atoms with Crippen molar-refractivity contribution in [2.75, 3.05) is 6.61 Å². The van der Waals surface area contributed by atoms with Gasteiger partial charge in [-0.2, -0.15) is 0 Å². The van der Waals surface area contributed by atoms with Gasteiger partial charge in [-0.1, -0.05) is 29.8 Å². The molecule has 0 amide bonds. The molecule has 2 aromatic rings. The Morgan fingerprint density at radius 3 is 2.78 bits per heavy atom. The first kappa shape index (κ1) is 12.7. The van der Waals surface area contributed by atoms with Gasteiger partial charge in [0.05, 0.1) is 6.61 Å². The van der Waals surface area contributed by atoms with E-state index in [-0.39, 0.29) is 0 Å². The van der Waals surface area contributed by atoms with E-state index in [2.05, 4.69) is 0 Å². The normalized spacial score (nSPS) is 10.1. The van der Waals surface area contributed by atoms with Gasteiger partial charge >= 0.3 is 0 Å². The number of carbonyl (C=O) groups excluding carboxylic acids is 1. The van der Waals surface area contributed by atoms with Crippen molar-refractivity contribution in [1.29, 1.82) is 0 Å². The molecule has 0 atom stereocenters. The lowest BCUT2D eigenvalue weighted by Gasteiger charge is -2.08. The van der Waals surface area contributed by atoms with Crippen molar-refractivity contribution >= 4 is 17.9 Å². The fraction of sp³-hybridized carbons (Fsp3) is 0.133. The topological polar surface area (TPSA) is 26.3 Å². The molecule has 2 nitrogen and oxygen atoms in total. The van der Waals surface area contributed by atoms with Gasteiger partial charge in [-0.25, -0.2) is 0 Å². The highest BCUT2D eigenvalue weighted by Gasteiger charge is 2.06. The molecule has 2 aromatic carbocycles. The minimum atomic E-state index is 0.557. The van der Waals surface area contributed by atoms with Crippen LogP contribution in [-0.2, 0) is 0 Å². The van der Waals surface area contributed by atoms with Crippen LogP contribution in [-0.4, -0.2) is 12.9 Å². The molecule has 0 saturated carbocycles. The predicted octanol–water partition coefficient (Wildman–Crippen LogP) is 4.22. The van der Waals surface area contributed by atoms with Gasteiger partial charge in [-0.05, 0) is 42.3 Å². The molecule has 0 saturated heterocycles. The standard InChI is InChI=1S/C15H13ClO2/c1-2-18-14-5-3-4-11(9-14)15-7-6-13(16)8-12(15)10-17/h3-10H,2H2,1H3. The summed E-state index contributed by atoms with van der Waals surface area (Å²) in [6.07, 6.45) is 0.814. The van der Waals surface area contributed by atoms with Crippen LogP contribution in [0.4, 0.5) is 0 Å². The molecule has 92 valence electrons. The molecule has 18 heavy (non-hydrogen) atoms. The Labute approximate surface area is 111 Å². The lowest BCUT2D eigenvalue weighted by atomic mass is 10.0. The van der Waals surface area contributed by atoms with Gasteiger partial charge < -0.3 is 4.74 Å². The van der Waals surface area contributed by atoms with Crippen molar-refractivity contribution in [3.05, 3.63) is 53.1 Å². The summed E-state index contributed by atoms with van der Waals surface area (Å²) in [5.41, 5.74) is 2.38. The van der Waals surface area contributed by atoms with Gasteiger partial charge in [0.25, 0.3) is 0 Å². The van der Waals surface area contributed by atoms with Crippen molar-refractivity contribution < 1.29 is 9.53 Å². The maximum atomic E-state index is 11.1.